The van der Waals surface area contributed by atoms with Crippen molar-refractivity contribution in [3.8, 4) is 11.4 Å². The maximum Gasteiger partial charge on any atom is 0.439 e. The highest BCUT2D eigenvalue weighted by Gasteiger charge is 2.02. The lowest BCUT2D eigenvalue weighted by Gasteiger charge is -2.03. The largest absolute Gasteiger partial charge is 0.439 e. The number of amides is 1. The lowest BCUT2D eigenvalue weighted by Crippen LogP contribution is -2.13. The van der Waals surface area contributed by atoms with E-state index in [4.69, 9.17) is 4.74 Å². The van der Waals surface area contributed by atoms with E-state index in [1.54, 1.807) is 16.9 Å². The van der Waals surface area contributed by atoms with Crippen molar-refractivity contribution in [2.45, 2.75) is 0 Å². The number of carbonyl (C=O) groups excluding carboxylic acids is 1. The summed E-state index contributed by atoms with van der Waals surface area (Å²) >= 11 is 0. The molecule has 1 aromatic heterocycles. The molecule has 0 unspecified atom stereocenters. The Balaban J connectivity index is 1.74. The molecule has 0 aliphatic carbocycles. The molecule has 0 bridgehead atoms. The highest BCUT2D eigenvalue weighted by molar-refractivity contribution is 5.71. The van der Waals surface area contributed by atoms with E-state index >= 15 is 0 Å². The number of hydrogen-bond donors (Lipinski definition) is 0. The Labute approximate surface area is 131 Å². The molecule has 114 valence electrons. The summed E-state index contributed by atoms with van der Waals surface area (Å²) in [5.74, 6) is -0.178. The summed E-state index contributed by atoms with van der Waals surface area (Å²) in [6.07, 6.45) is 2.36. The van der Waals surface area contributed by atoms with Gasteiger partial charge in [-0.15, -0.1) is 0 Å². The summed E-state index contributed by atoms with van der Waals surface area (Å²) in [6.45, 7) is 0. The van der Waals surface area contributed by atoms with E-state index in [0.29, 0.717) is 5.36 Å². The Morgan fingerprint density at radius 1 is 1.04 bits per heavy atom. The van der Waals surface area contributed by atoms with Crippen LogP contribution in [0.25, 0.3) is 5.69 Å². The minimum Gasteiger partial charge on any atom is -0.409 e. The van der Waals surface area contributed by atoms with Gasteiger partial charge in [0.15, 0.2) is 0 Å². The van der Waals surface area contributed by atoms with Crippen LogP contribution in [0.5, 0.6) is 5.75 Å². The lowest BCUT2D eigenvalue weighted by molar-refractivity contribution is 0.210. The first-order chi connectivity index (χ1) is 11.2. The van der Waals surface area contributed by atoms with Gasteiger partial charge in [0.05, 0.1) is 17.2 Å². The number of rotatable bonds is 2. The zero-order chi connectivity index (χ0) is 16.1. The van der Waals surface area contributed by atoms with Crippen molar-refractivity contribution in [3.05, 3.63) is 84.2 Å². The number of para-hydroxylation sites is 1. The van der Waals surface area contributed by atoms with Crippen LogP contribution in [0.3, 0.4) is 0 Å². The minimum absolute atomic E-state index is 0.225. The highest BCUT2D eigenvalue weighted by Crippen LogP contribution is 2.11. The van der Waals surface area contributed by atoms with Gasteiger partial charge >= 0.3 is 6.09 Å². The molecule has 0 spiro atoms. The van der Waals surface area contributed by atoms with E-state index in [1.807, 2.05) is 30.3 Å². The normalized spacial score (nSPS) is 11.3. The van der Waals surface area contributed by atoms with Crippen LogP contribution in [0.2, 0.25) is 0 Å². The zero-order valence-electron chi connectivity index (χ0n) is 12.0. The number of benzene rings is 2. The van der Waals surface area contributed by atoms with E-state index in [-0.39, 0.29) is 5.75 Å². The third kappa shape index (κ3) is 3.88. The van der Waals surface area contributed by atoms with Crippen LogP contribution in [0.4, 0.5) is 9.18 Å². The average Bonchev–Trinajstić information content (AvgIpc) is 2.58. The second-order valence-electron chi connectivity index (χ2n) is 4.60. The molecule has 23 heavy (non-hydrogen) atoms. The molecule has 1 heterocycles. The molecule has 3 rings (SSSR count). The van der Waals surface area contributed by atoms with Crippen LogP contribution < -0.4 is 10.1 Å². The second kappa shape index (κ2) is 6.65. The van der Waals surface area contributed by atoms with E-state index < -0.39 is 11.9 Å². The predicted molar refractivity (Wildman–Crippen MR) is 81.6 cm³/mol. The fraction of sp³-hybridized carbons (Fsp3) is 0. The molecule has 0 N–H and O–H groups in total. The number of ether oxygens (including phenoxy) is 1. The monoisotopic (exact) mass is 309 g/mol. The SMILES string of the molecule is O=C(/N=c1\ccn(-c2ccccc2)nc1)Oc1ccc(F)cc1. The fourth-order valence-electron chi connectivity index (χ4n) is 1.88. The summed E-state index contributed by atoms with van der Waals surface area (Å²) in [5.41, 5.74) is 0.896. The zero-order valence-corrected chi connectivity index (χ0v) is 12.0. The van der Waals surface area contributed by atoms with E-state index in [1.165, 1.54) is 30.5 Å². The Morgan fingerprint density at radius 2 is 1.78 bits per heavy atom. The van der Waals surface area contributed by atoms with Crippen molar-refractivity contribution in [2.75, 3.05) is 0 Å². The molecule has 0 aliphatic rings. The van der Waals surface area contributed by atoms with Crippen LogP contribution in [0, 0.1) is 5.82 Å². The van der Waals surface area contributed by atoms with Crippen LogP contribution in [-0.2, 0) is 0 Å². The number of halogens is 1. The van der Waals surface area contributed by atoms with Crippen molar-refractivity contribution in [3.63, 3.8) is 0 Å². The van der Waals surface area contributed by atoms with Gasteiger partial charge in [-0.2, -0.15) is 10.1 Å². The molecule has 0 fully saturated rings. The average molecular weight is 309 g/mol. The van der Waals surface area contributed by atoms with Crippen LogP contribution >= 0.6 is 0 Å². The van der Waals surface area contributed by atoms with E-state index in [2.05, 4.69) is 10.1 Å². The first kappa shape index (κ1) is 14.6. The third-order valence-corrected chi connectivity index (χ3v) is 2.96. The van der Waals surface area contributed by atoms with Crippen LogP contribution in [-0.4, -0.2) is 15.9 Å². The third-order valence-electron chi connectivity index (χ3n) is 2.96. The smallest absolute Gasteiger partial charge is 0.409 e. The summed E-state index contributed by atoms with van der Waals surface area (Å²) in [5, 5.41) is 4.55. The summed E-state index contributed by atoms with van der Waals surface area (Å²) < 4.78 is 19.4. The summed E-state index contributed by atoms with van der Waals surface area (Å²) in [7, 11) is 0. The summed E-state index contributed by atoms with van der Waals surface area (Å²) in [4.78, 5) is 15.5. The standard InChI is InChI=1S/C17H12FN3O2/c18-13-6-8-16(9-7-13)23-17(22)20-14-10-11-21(19-12-14)15-4-2-1-3-5-15/h1-12H/b20-14+. The van der Waals surface area contributed by atoms with E-state index in [9.17, 15) is 9.18 Å². The molecule has 0 aliphatic heterocycles. The molecular formula is C17H12FN3O2. The van der Waals surface area contributed by atoms with Gasteiger partial charge < -0.3 is 4.74 Å². The molecule has 0 saturated heterocycles. The van der Waals surface area contributed by atoms with Crippen LogP contribution in [0.15, 0.2) is 78.0 Å². The van der Waals surface area contributed by atoms with Gasteiger partial charge in [0, 0.05) is 6.20 Å². The van der Waals surface area contributed by atoms with Crippen LogP contribution in [0.1, 0.15) is 0 Å². The van der Waals surface area contributed by atoms with Gasteiger partial charge in [-0.25, -0.2) is 13.9 Å². The van der Waals surface area contributed by atoms with Crippen molar-refractivity contribution in [1.29, 1.82) is 0 Å². The number of nitrogens with zero attached hydrogens (tertiary/aromatic N) is 3. The Bertz CT molecular complexity index is 854. The Morgan fingerprint density at radius 3 is 2.43 bits per heavy atom. The molecule has 2 aromatic carbocycles. The van der Waals surface area contributed by atoms with Crippen molar-refractivity contribution < 1.29 is 13.9 Å². The number of hydrogen-bond acceptors (Lipinski definition) is 3. The molecule has 0 atom stereocenters. The second-order valence-corrected chi connectivity index (χ2v) is 4.60. The van der Waals surface area contributed by atoms with Gasteiger partial charge in [-0.1, -0.05) is 18.2 Å². The molecular weight excluding hydrogens is 297 g/mol. The Kier molecular flexibility index (Phi) is 4.24. The fourth-order valence-corrected chi connectivity index (χ4v) is 1.88. The molecule has 6 heteroatoms. The van der Waals surface area contributed by atoms with Gasteiger partial charge in [0.25, 0.3) is 0 Å². The maximum absolute atomic E-state index is 12.8. The van der Waals surface area contributed by atoms with Crippen molar-refractivity contribution in [2.24, 2.45) is 4.99 Å². The number of aromatic nitrogens is 2. The van der Waals surface area contributed by atoms with Crippen molar-refractivity contribution >= 4 is 6.09 Å². The van der Waals surface area contributed by atoms with Crippen molar-refractivity contribution in [1.82, 2.24) is 9.78 Å². The quantitative estimate of drug-likeness (QED) is 0.731. The summed E-state index contributed by atoms with van der Waals surface area (Å²) in [6, 6.07) is 16.3. The molecule has 1 amide bonds. The highest BCUT2D eigenvalue weighted by atomic mass is 19.1. The first-order valence-corrected chi connectivity index (χ1v) is 6.83. The van der Waals surface area contributed by atoms with Gasteiger partial charge in [0.2, 0.25) is 0 Å². The Hall–Kier alpha value is -3.28. The molecule has 3 aromatic rings. The maximum atomic E-state index is 12.8. The first-order valence-electron chi connectivity index (χ1n) is 6.83. The molecule has 0 saturated carbocycles. The minimum atomic E-state index is -0.795. The number of carbonyl (C=O) groups is 1. The topological polar surface area (TPSA) is 56.5 Å². The predicted octanol–water partition coefficient (Wildman–Crippen LogP) is 3.11. The van der Waals surface area contributed by atoms with Gasteiger partial charge in [-0.3, -0.25) is 0 Å². The van der Waals surface area contributed by atoms with Gasteiger partial charge in [-0.05, 0) is 42.5 Å². The van der Waals surface area contributed by atoms with E-state index in [0.717, 1.165) is 5.69 Å². The molecule has 5 nitrogen and oxygen atoms in total. The lowest BCUT2D eigenvalue weighted by atomic mass is 10.3. The van der Waals surface area contributed by atoms with Gasteiger partial charge in [0.1, 0.15) is 11.6 Å². The molecule has 0 radical (unpaired) electrons.